The highest BCUT2D eigenvalue weighted by Crippen LogP contribution is 2.22. The molecule has 16 heavy (non-hydrogen) atoms. The van der Waals surface area contributed by atoms with Crippen molar-refractivity contribution in [2.75, 3.05) is 18.1 Å². The minimum atomic E-state index is 0.152. The predicted molar refractivity (Wildman–Crippen MR) is 65.4 cm³/mol. The number of nitrogens with zero attached hydrogens (tertiary/aromatic N) is 3. The first-order valence-electron chi connectivity index (χ1n) is 5.21. The van der Waals surface area contributed by atoms with Gasteiger partial charge in [0.1, 0.15) is 16.5 Å². The van der Waals surface area contributed by atoms with Crippen molar-refractivity contribution >= 4 is 23.0 Å². The van der Waals surface area contributed by atoms with Gasteiger partial charge in [-0.2, -0.15) is 0 Å². The second-order valence-corrected chi connectivity index (χ2v) is 4.24. The predicted octanol–water partition coefficient (Wildman–Crippen LogP) is 0.0719. The zero-order valence-corrected chi connectivity index (χ0v) is 9.65. The molecule has 0 aliphatic carbocycles. The maximum absolute atomic E-state index is 9.21. The van der Waals surface area contributed by atoms with E-state index in [0.29, 0.717) is 5.69 Å². The summed E-state index contributed by atoms with van der Waals surface area (Å²) >= 11 is 4.81. The molecular weight excluding hydrogens is 224 g/mol. The Labute approximate surface area is 99.3 Å². The van der Waals surface area contributed by atoms with Crippen LogP contribution >= 0.6 is 12.2 Å². The summed E-state index contributed by atoms with van der Waals surface area (Å²) in [4.78, 5) is 10.7. The van der Waals surface area contributed by atoms with Crippen LogP contribution in [0.15, 0.2) is 12.4 Å². The van der Waals surface area contributed by atoms with Crippen molar-refractivity contribution in [2.24, 2.45) is 5.73 Å². The van der Waals surface area contributed by atoms with Gasteiger partial charge in [-0.15, -0.1) is 0 Å². The lowest BCUT2D eigenvalue weighted by molar-refractivity contribution is 0.266. The number of aliphatic hydroxyl groups excluding tert-OH is 1. The molecule has 1 aliphatic rings. The smallest absolute Gasteiger partial charge is 0.147 e. The van der Waals surface area contributed by atoms with E-state index in [1.807, 2.05) is 0 Å². The van der Waals surface area contributed by atoms with Gasteiger partial charge in [-0.05, 0) is 12.8 Å². The van der Waals surface area contributed by atoms with Crippen LogP contribution in [0.1, 0.15) is 18.5 Å². The lowest BCUT2D eigenvalue weighted by Crippen LogP contribution is -2.32. The highest BCUT2D eigenvalue weighted by Gasteiger charge is 2.24. The Morgan fingerprint density at radius 3 is 2.94 bits per heavy atom. The molecule has 0 spiro atoms. The normalized spacial score (nSPS) is 20.1. The topological polar surface area (TPSA) is 75.3 Å². The van der Waals surface area contributed by atoms with E-state index < -0.39 is 0 Å². The third-order valence-corrected chi connectivity index (χ3v) is 2.98. The molecule has 5 nitrogen and oxygen atoms in total. The summed E-state index contributed by atoms with van der Waals surface area (Å²) in [5.74, 6) is 0.775. The number of aliphatic hydroxyl groups is 1. The molecule has 0 radical (unpaired) electrons. The van der Waals surface area contributed by atoms with Gasteiger partial charge >= 0.3 is 0 Å². The van der Waals surface area contributed by atoms with E-state index in [2.05, 4.69) is 14.9 Å². The van der Waals surface area contributed by atoms with E-state index in [4.69, 9.17) is 18.0 Å². The maximum Gasteiger partial charge on any atom is 0.147 e. The van der Waals surface area contributed by atoms with Gasteiger partial charge in [0.2, 0.25) is 0 Å². The summed E-state index contributed by atoms with van der Waals surface area (Å²) in [6.07, 6.45) is 5.30. The monoisotopic (exact) mass is 238 g/mol. The van der Waals surface area contributed by atoms with Crippen molar-refractivity contribution in [3.8, 4) is 0 Å². The van der Waals surface area contributed by atoms with Crippen LogP contribution in [0.2, 0.25) is 0 Å². The molecule has 3 N–H and O–H groups in total. The van der Waals surface area contributed by atoms with Gasteiger partial charge in [-0.3, -0.25) is 0 Å². The molecule has 2 heterocycles. The highest BCUT2D eigenvalue weighted by atomic mass is 32.1. The van der Waals surface area contributed by atoms with Gasteiger partial charge in [0.15, 0.2) is 0 Å². The van der Waals surface area contributed by atoms with E-state index >= 15 is 0 Å². The lowest BCUT2D eigenvalue weighted by Gasteiger charge is -2.23. The van der Waals surface area contributed by atoms with Gasteiger partial charge in [0.05, 0.1) is 25.0 Å². The van der Waals surface area contributed by atoms with E-state index in [-0.39, 0.29) is 17.6 Å². The average Bonchev–Trinajstić information content (AvgIpc) is 2.77. The van der Waals surface area contributed by atoms with Crippen LogP contribution in [0.3, 0.4) is 0 Å². The van der Waals surface area contributed by atoms with Crippen LogP contribution in [0.4, 0.5) is 5.82 Å². The Balaban J connectivity index is 2.18. The van der Waals surface area contributed by atoms with Crippen molar-refractivity contribution in [1.82, 2.24) is 9.97 Å². The molecule has 1 aromatic heterocycles. The van der Waals surface area contributed by atoms with Crippen molar-refractivity contribution in [3.05, 3.63) is 18.1 Å². The van der Waals surface area contributed by atoms with Gasteiger partial charge in [-0.1, -0.05) is 12.2 Å². The molecule has 1 unspecified atom stereocenters. The summed E-state index contributed by atoms with van der Waals surface area (Å²) in [6.45, 7) is 1.06. The molecule has 2 rings (SSSR count). The van der Waals surface area contributed by atoms with Crippen LogP contribution in [0.25, 0.3) is 0 Å². The van der Waals surface area contributed by atoms with Crippen LogP contribution in [-0.4, -0.2) is 39.3 Å². The Morgan fingerprint density at radius 1 is 1.56 bits per heavy atom. The number of thiocarbonyl (C=S) groups is 1. The Morgan fingerprint density at radius 2 is 2.38 bits per heavy atom. The van der Waals surface area contributed by atoms with Crippen LogP contribution < -0.4 is 10.6 Å². The van der Waals surface area contributed by atoms with Crippen LogP contribution in [0, 0.1) is 0 Å². The second kappa shape index (κ2) is 4.71. The van der Waals surface area contributed by atoms with Crippen molar-refractivity contribution in [1.29, 1.82) is 0 Å². The molecule has 1 aliphatic heterocycles. The third kappa shape index (κ3) is 2.12. The fraction of sp³-hybridized carbons (Fsp3) is 0.500. The Hall–Kier alpha value is -1.27. The fourth-order valence-electron chi connectivity index (χ4n) is 1.92. The van der Waals surface area contributed by atoms with Crippen molar-refractivity contribution in [3.63, 3.8) is 0 Å². The van der Waals surface area contributed by atoms with Crippen LogP contribution in [-0.2, 0) is 0 Å². The van der Waals surface area contributed by atoms with Gasteiger partial charge in [0.25, 0.3) is 0 Å². The van der Waals surface area contributed by atoms with E-state index in [9.17, 15) is 5.11 Å². The zero-order chi connectivity index (χ0) is 11.5. The van der Waals surface area contributed by atoms with Crippen molar-refractivity contribution < 1.29 is 5.11 Å². The quantitative estimate of drug-likeness (QED) is 0.726. The SMILES string of the molecule is NC(=S)c1cnc(N2CCCC2CO)cn1. The number of aromatic nitrogens is 2. The first-order valence-corrected chi connectivity index (χ1v) is 5.62. The standard InChI is InChI=1S/C10H14N4OS/c11-10(16)8-4-13-9(5-12-8)14-3-1-2-7(14)6-15/h4-5,7,15H,1-3,6H2,(H2,11,16). The van der Waals surface area contributed by atoms with Gasteiger partial charge < -0.3 is 15.7 Å². The molecule has 0 saturated carbocycles. The second-order valence-electron chi connectivity index (χ2n) is 3.80. The average molecular weight is 238 g/mol. The summed E-state index contributed by atoms with van der Waals surface area (Å²) in [6, 6.07) is 0.157. The molecule has 1 fully saturated rings. The van der Waals surface area contributed by atoms with Gasteiger partial charge in [0, 0.05) is 6.54 Å². The largest absolute Gasteiger partial charge is 0.394 e. The zero-order valence-electron chi connectivity index (χ0n) is 8.83. The van der Waals surface area contributed by atoms with E-state index in [0.717, 1.165) is 25.2 Å². The molecule has 1 atom stereocenters. The summed E-state index contributed by atoms with van der Waals surface area (Å²) in [5.41, 5.74) is 5.97. The lowest BCUT2D eigenvalue weighted by atomic mass is 10.2. The molecule has 6 heteroatoms. The maximum atomic E-state index is 9.21. The number of hydrogen-bond donors (Lipinski definition) is 2. The molecule has 1 saturated heterocycles. The molecule has 1 aromatic rings. The third-order valence-electron chi connectivity index (χ3n) is 2.77. The number of hydrogen-bond acceptors (Lipinski definition) is 5. The highest BCUT2D eigenvalue weighted by molar-refractivity contribution is 7.80. The summed E-state index contributed by atoms with van der Waals surface area (Å²) < 4.78 is 0. The molecule has 0 amide bonds. The fourth-order valence-corrected chi connectivity index (χ4v) is 2.03. The Kier molecular flexibility index (Phi) is 3.31. The van der Waals surface area contributed by atoms with Crippen molar-refractivity contribution in [2.45, 2.75) is 18.9 Å². The molecule has 0 bridgehead atoms. The van der Waals surface area contributed by atoms with E-state index in [1.54, 1.807) is 12.4 Å². The molecule has 86 valence electrons. The van der Waals surface area contributed by atoms with Gasteiger partial charge in [-0.25, -0.2) is 9.97 Å². The minimum Gasteiger partial charge on any atom is -0.394 e. The first kappa shape index (κ1) is 11.2. The van der Waals surface area contributed by atoms with Crippen LogP contribution in [0.5, 0.6) is 0 Å². The number of anilines is 1. The molecular formula is C10H14N4OS. The summed E-state index contributed by atoms with van der Waals surface area (Å²) in [7, 11) is 0. The van der Waals surface area contributed by atoms with E-state index in [1.165, 1.54) is 0 Å². The number of rotatable bonds is 3. The molecule has 0 aromatic carbocycles. The first-order chi connectivity index (χ1) is 7.72. The Bertz CT molecular complexity index is 381. The number of nitrogens with two attached hydrogens (primary N) is 1. The summed E-state index contributed by atoms with van der Waals surface area (Å²) in [5, 5.41) is 9.21. The minimum absolute atomic E-state index is 0.152.